The van der Waals surface area contributed by atoms with Gasteiger partial charge >= 0.3 is 6.18 Å². The van der Waals surface area contributed by atoms with Gasteiger partial charge < -0.3 is 20.3 Å². The van der Waals surface area contributed by atoms with Gasteiger partial charge in [0, 0.05) is 37.2 Å². The molecule has 9 heteroatoms. The van der Waals surface area contributed by atoms with Crippen LogP contribution in [0.5, 0.6) is 0 Å². The van der Waals surface area contributed by atoms with Gasteiger partial charge in [0.25, 0.3) is 0 Å². The van der Waals surface area contributed by atoms with Crippen LogP contribution in [0, 0.1) is 0 Å². The first-order chi connectivity index (χ1) is 14.8. The minimum absolute atomic E-state index is 0.0303. The number of alkyl halides is 3. The molecule has 1 aliphatic heterocycles. The summed E-state index contributed by atoms with van der Waals surface area (Å²) in [5.41, 5.74) is 9.28. The smallest absolute Gasteiger partial charge is 0.361 e. The molecular formula is C22H23F3N4O2. The van der Waals surface area contributed by atoms with Gasteiger partial charge in [0.1, 0.15) is 6.23 Å². The summed E-state index contributed by atoms with van der Waals surface area (Å²) in [6, 6.07) is 10.8. The topological polar surface area (TPSA) is 86.2 Å². The highest BCUT2D eigenvalue weighted by molar-refractivity contribution is 5.66. The van der Waals surface area contributed by atoms with E-state index in [-0.39, 0.29) is 12.3 Å². The number of aryl methyl sites for hydroxylation is 1. The van der Waals surface area contributed by atoms with Crippen LogP contribution in [0.3, 0.4) is 0 Å². The second-order valence-corrected chi connectivity index (χ2v) is 7.65. The van der Waals surface area contributed by atoms with Crippen LogP contribution in [0.4, 0.5) is 18.9 Å². The summed E-state index contributed by atoms with van der Waals surface area (Å²) < 4.78 is 48.7. The first-order valence-electron chi connectivity index (χ1n) is 9.99. The number of hydrogen-bond donors (Lipinski definition) is 2. The number of rotatable bonds is 7. The predicted molar refractivity (Wildman–Crippen MR) is 109 cm³/mol. The Hall–Kier alpha value is -2.91. The molecule has 0 spiro atoms. The van der Waals surface area contributed by atoms with Crippen molar-refractivity contribution in [2.75, 3.05) is 12.4 Å². The number of ether oxygens (including phenoxy) is 1. The number of aromatic nitrogens is 2. The van der Waals surface area contributed by atoms with Crippen molar-refractivity contribution in [2.45, 2.75) is 44.1 Å². The maximum atomic E-state index is 12.7. The van der Waals surface area contributed by atoms with E-state index < -0.39 is 11.7 Å². The van der Waals surface area contributed by atoms with E-state index >= 15 is 0 Å². The number of benzene rings is 2. The molecular weight excluding hydrogens is 409 g/mol. The molecule has 0 radical (unpaired) electrons. The molecule has 2 heterocycles. The number of nitrogens with one attached hydrogen (secondary N) is 1. The Kier molecular flexibility index (Phi) is 5.97. The average Bonchev–Trinajstić information content (AvgIpc) is 3.38. The number of halogens is 3. The van der Waals surface area contributed by atoms with Gasteiger partial charge in [-0.2, -0.15) is 18.2 Å². The second-order valence-electron chi connectivity index (χ2n) is 7.65. The maximum Gasteiger partial charge on any atom is 0.416 e. The summed E-state index contributed by atoms with van der Waals surface area (Å²) in [6.45, 7) is 0. The Morgan fingerprint density at radius 3 is 2.71 bits per heavy atom. The van der Waals surface area contributed by atoms with Crippen molar-refractivity contribution in [1.82, 2.24) is 10.1 Å². The third-order valence-electron chi connectivity index (χ3n) is 5.35. The zero-order chi connectivity index (χ0) is 22.0. The summed E-state index contributed by atoms with van der Waals surface area (Å²) in [5, 5.41) is 7.34. The lowest BCUT2D eigenvalue weighted by Crippen LogP contribution is -2.23. The van der Waals surface area contributed by atoms with Gasteiger partial charge in [-0.15, -0.1) is 0 Å². The Morgan fingerprint density at radius 1 is 1.23 bits per heavy atom. The fraction of sp³-hybridized carbons (Fsp3) is 0.364. The van der Waals surface area contributed by atoms with Gasteiger partial charge in [-0.05, 0) is 54.3 Å². The van der Waals surface area contributed by atoms with E-state index in [1.54, 1.807) is 7.11 Å². The van der Waals surface area contributed by atoms with E-state index in [4.69, 9.17) is 15.0 Å². The Labute approximate surface area is 177 Å². The molecule has 4 rings (SSSR count). The SMILES string of the molecule is COC1Cc2cc(-c3noc(CC[C@@H](N)Cc4ccc(C(F)(F)F)cc4)n3)ccc2N1. The van der Waals surface area contributed by atoms with E-state index in [0.29, 0.717) is 31.0 Å². The van der Waals surface area contributed by atoms with Crippen LogP contribution >= 0.6 is 0 Å². The van der Waals surface area contributed by atoms with E-state index in [9.17, 15) is 13.2 Å². The Morgan fingerprint density at radius 2 is 2.00 bits per heavy atom. The van der Waals surface area contributed by atoms with E-state index in [2.05, 4.69) is 15.5 Å². The number of anilines is 1. The molecule has 2 atom stereocenters. The molecule has 2 aromatic carbocycles. The Bertz CT molecular complexity index is 1030. The van der Waals surface area contributed by atoms with Gasteiger partial charge in [0.05, 0.1) is 5.56 Å². The zero-order valence-corrected chi connectivity index (χ0v) is 16.9. The van der Waals surface area contributed by atoms with Crippen LogP contribution in [0.2, 0.25) is 0 Å². The van der Waals surface area contributed by atoms with Crippen molar-refractivity contribution in [1.29, 1.82) is 0 Å². The fourth-order valence-electron chi connectivity index (χ4n) is 3.63. The number of fused-ring (bicyclic) bond motifs is 1. The molecule has 1 unspecified atom stereocenters. The first-order valence-corrected chi connectivity index (χ1v) is 9.99. The molecule has 3 N–H and O–H groups in total. The van der Waals surface area contributed by atoms with Crippen molar-refractivity contribution < 1.29 is 22.4 Å². The maximum absolute atomic E-state index is 12.7. The van der Waals surface area contributed by atoms with Gasteiger partial charge in [-0.1, -0.05) is 17.3 Å². The zero-order valence-electron chi connectivity index (χ0n) is 16.9. The highest BCUT2D eigenvalue weighted by atomic mass is 19.4. The molecule has 164 valence electrons. The predicted octanol–water partition coefficient (Wildman–Crippen LogP) is 4.20. The number of nitrogens with zero attached hydrogens (tertiary/aromatic N) is 2. The van der Waals surface area contributed by atoms with Crippen LogP contribution < -0.4 is 11.1 Å². The molecule has 1 aliphatic rings. The van der Waals surface area contributed by atoms with Crippen molar-refractivity contribution in [3.63, 3.8) is 0 Å². The highest BCUT2D eigenvalue weighted by Gasteiger charge is 2.30. The molecule has 0 saturated heterocycles. The van der Waals surface area contributed by atoms with Crippen molar-refractivity contribution >= 4 is 5.69 Å². The highest BCUT2D eigenvalue weighted by Crippen LogP contribution is 2.31. The minimum Gasteiger partial charge on any atom is -0.361 e. The Balaban J connectivity index is 1.32. The summed E-state index contributed by atoms with van der Waals surface area (Å²) >= 11 is 0. The van der Waals surface area contributed by atoms with Gasteiger partial charge in [-0.3, -0.25) is 0 Å². The largest absolute Gasteiger partial charge is 0.416 e. The van der Waals surface area contributed by atoms with Crippen LogP contribution in [0.15, 0.2) is 47.0 Å². The van der Waals surface area contributed by atoms with Crippen molar-refractivity contribution in [3.8, 4) is 11.4 Å². The van der Waals surface area contributed by atoms with Crippen molar-refractivity contribution in [2.24, 2.45) is 5.73 Å². The van der Waals surface area contributed by atoms with E-state index in [1.165, 1.54) is 12.1 Å². The molecule has 0 saturated carbocycles. The standard InChI is InChI=1S/C22H23F3N4O2/c1-30-20-12-15-11-14(4-8-18(15)27-20)21-28-19(31-29-21)9-7-17(26)10-13-2-5-16(6-3-13)22(23,24)25/h2-6,8,11,17,20,27H,7,9-10,12,26H2,1H3/t17-,20?/m1/s1. The second kappa shape index (κ2) is 8.68. The molecule has 0 bridgehead atoms. The normalized spacial score (nSPS) is 16.7. The monoisotopic (exact) mass is 432 g/mol. The minimum atomic E-state index is -4.34. The molecule has 6 nitrogen and oxygen atoms in total. The van der Waals surface area contributed by atoms with Crippen LogP contribution in [-0.2, 0) is 30.2 Å². The van der Waals surface area contributed by atoms with Gasteiger partial charge in [0.15, 0.2) is 0 Å². The van der Waals surface area contributed by atoms with Gasteiger partial charge in [0.2, 0.25) is 11.7 Å². The lowest BCUT2D eigenvalue weighted by molar-refractivity contribution is -0.137. The van der Waals surface area contributed by atoms with Crippen LogP contribution in [0.25, 0.3) is 11.4 Å². The number of methoxy groups -OCH3 is 1. The third kappa shape index (κ3) is 5.05. The van der Waals surface area contributed by atoms with E-state index in [1.807, 2.05) is 18.2 Å². The number of nitrogens with two attached hydrogens (primary N) is 1. The summed E-state index contributed by atoms with van der Waals surface area (Å²) in [6.07, 6.45) is -2.06. The molecule has 31 heavy (non-hydrogen) atoms. The average molecular weight is 432 g/mol. The summed E-state index contributed by atoms with van der Waals surface area (Å²) in [7, 11) is 1.66. The first kappa shape index (κ1) is 21.3. The third-order valence-corrected chi connectivity index (χ3v) is 5.35. The summed E-state index contributed by atoms with van der Waals surface area (Å²) in [5.74, 6) is 0.987. The number of hydrogen-bond acceptors (Lipinski definition) is 6. The van der Waals surface area contributed by atoms with Crippen molar-refractivity contribution in [3.05, 3.63) is 65.0 Å². The fourth-order valence-corrected chi connectivity index (χ4v) is 3.63. The van der Waals surface area contributed by atoms with Crippen LogP contribution in [0.1, 0.15) is 29.0 Å². The lowest BCUT2D eigenvalue weighted by atomic mass is 10.0. The van der Waals surface area contributed by atoms with Gasteiger partial charge in [-0.25, -0.2) is 0 Å². The quantitative estimate of drug-likeness (QED) is 0.582. The van der Waals surface area contributed by atoms with Crippen LogP contribution in [-0.4, -0.2) is 29.5 Å². The summed E-state index contributed by atoms with van der Waals surface area (Å²) in [4.78, 5) is 4.45. The lowest BCUT2D eigenvalue weighted by Gasteiger charge is -2.11. The van der Waals surface area contributed by atoms with E-state index in [0.717, 1.165) is 40.9 Å². The molecule has 0 aliphatic carbocycles. The molecule has 1 aromatic heterocycles. The molecule has 0 fully saturated rings. The molecule has 3 aromatic rings. The molecule has 0 amide bonds.